The Balaban J connectivity index is 1.69. The number of piperazine rings is 1. The minimum absolute atomic E-state index is 0.0526. The molecule has 1 saturated heterocycles. The van der Waals surface area contributed by atoms with Crippen LogP contribution in [0.5, 0.6) is 0 Å². The average molecular weight is 329 g/mol. The van der Waals surface area contributed by atoms with Crippen LogP contribution in [0.4, 0.5) is 23.3 Å². The number of hydrogen-bond acceptors (Lipinski definition) is 9. The van der Waals surface area contributed by atoms with Gasteiger partial charge in [-0.2, -0.15) is 4.98 Å². The average Bonchev–Trinajstić information content (AvgIpc) is 2.63. The number of carbonyl (C=O) groups excluding carboxylic acids is 1. The summed E-state index contributed by atoms with van der Waals surface area (Å²) in [5.41, 5.74) is 6.95. The Morgan fingerprint density at radius 1 is 1.29 bits per heavy atom. The normalized spacial score (nSPS) is 14.3. The van der Waals surface area contributed by atoms with Crippen molar-refractivity contribution in [3.63, 3.8) is 0 Å². The SMILES string of the molecule is COC(=O)c1cnc(Nc2ccc(N3CCNCC3)cn2)nc1N. The molecule has 0 amide bonds. The van der Waals surface area contributed by atoms with E-state index in [-0.39, 0.29) is 17.3 Å². The van der Waals surface area contributed by atoms with Gasteiger partial charge in [0.2, 0.25) is 5.95 Å². The van der Waals surface area contributed by atoms with E-state index in [1.165, 1.54) is 13.3 Å². The fourth-order valence-corrected chi connectivity index (χ4v) is 2.41. The van der Waals surface area contributed by atoms with E-state index < -0.39 is 5.97 Å². The second-order valence-corrected chi connectivity index (χ2v) is 5.25. The van der Waals surface area contributed by atoms with Crippen molar-refractivity contribution in [3.05, 3.63) is 30.1 Å². The summed E-state index contributed by atoms with van der Waals surface area (Å²) in [4.78, 5) is 26.2. The molecule has 0 radical (unpaired) electrons. The zero-order valence-electron chi connectivity index (χ0n) is 13.3. The van der Waals surface area contributed by atoms with E-state index in [1.54, 1.807) is 6.20 Å². The van der Waals surface area contributed by atoms with Gasteiger partial charge in [-0.1, -0.05) is 0 Å². The molecule has 2 aromatic heterocycles. The van der Waals surface area contributed by atoms with E-state index in [2.05, 4.69) is 35.2 Å². The molecule has 0 spiro atoms. The number of hydrogen-bond donors (Lipinski definition) is 3. The van der Waals surface area contributed by atoms with Crippen molar-refractivity contribution in [1.82, 2.24) is 20.3 Å². The standard InChI is InChI=1S/C15H19N7O2/c1-24-14(23)11-9-19-15(21-13(11)16)20-12-3-2-10(8-18-12)22-6-4-17-5-7-22/h2-3,8-9,17H,4-7H2,1H3,(H3,16,18,19,20,21). The number of methoxy groups -OCH3 is 1. The number of carbonyl (C=O) groups is 1. The van der Waals surface area contributed by atoms with Crippen LogP contribution in [0.1, 0.15) is 10.4 Å². The van der Waals surface area contributed by atoms with E-state index in [0.29, 0.717) is 5.82 Å². The molecular weight excluding hydrogens is 310 g/mol. The molecule has 0 unspecified atom stereocenters. The summed E-state index contributed by atoms with van der Waals surface area (Å²) >= 11 is 0. The van der Waals surface area contributed by atoms with Crippen LogP contribution in [0.2, 0.25) is 0 Å². The first kappa shape index (κ1) is 15.9. The van der Waals surface area contributed by atoms with Gasteiger partial charge in [-0.25, -0.2) is 14.8 Å². The lowest BCUT2D eigenvalue weighted by Crippen LogP contribution is -2.43. The summed E-state index contributed by atoms with van der Waals surface area (Å²) in [7, 11) is 1.28. The first-order chi connectivity index (χ1) is 11.7. The summed E-state index contributed by atoms with van der Waals surface area (Å²) < 4.78 is 4.61. The molecule has 0 aromatic carbocycles. The zero-order valence-corrected chi connectivity index (χ0v) is 13.3. The van der Waals surface area contributed by atoms with Crippen LogP contribution in [0.15, 0.2) is 24.5 Å². The third kappa shape index (κ3) is 3.51. The van der Waals surface area contributed by atoms with Crippen LogP contribution in [0, 0.1) is 0 Å². The lowest BCUT2D eigenvalue weighted by molar-refractivity contribution is 0.0601. The number of nitrogens with two attached hydrogens (primary N) is 1. The highest BCUT2D eigenvalue weighted by Crippen LogP contribution is 2.18. The lowest BCUT2D eigenvalue weighted by Gasteiger charge is -2.29. The monoisotopic (exact) mass is 329 g/mol. The van der Waals surface area contributed by atoms with Crippen molar-refractivity contribution in [1.29, 1.82) is 0 Å². The highest BCUT2D eigenvalue weighted by molar-refractivity contribution is 5.93. The van der Waals surface area contributed by atoms with Gasteiger partial charge in [0.15, 0.2) is 0 Å². The van der Waals surface area contributed by atoms with Gasteiger partial charge in [0.1, 0.15) is 17.2 Å². The first-order valence-electron chi connectivity index (χ1n) is 7.57. The van der Waals surface area contributed by atoms with Gasteiger partial charge in [-0.05, 0) is 12.1 Å². The Morgan fingerprint density at radius 2 is 2.08 bits per heavy atom. The maximum Gasteiger partial charge on any atom is 0.343 e. The molecule has 0 atom stereocenters. The summed E-state index contributed by atoms with van der Waals surface area (Å²) in [6.45, 7) is 3.87. The number of nitrogen functional groups attached to an aromatic ring is 1. The minimum atomic E-state index is -0.572. The van der Waals surface area contributed by atoms with Gasteiger partial charge in [0, 0.05) is 32.4 Å². The van der Waals surface area contributed by atoms with Crippen LogP contribution in [-0.2, 0) is 4.74 Å². The first-order valence-corrected chi connectivity index (χ1v) is 7.57. The van der Waals surface area contributed by atoms with Gasteiger partial charge in [-0.15, -0.1) is 0 Å². The molecule has 1 fully saturated rings. The van der Waals surface area contributed by atoms with E-state index in [0.717, 1.165) is 31.9 Å². The van der Waals surface area contributed by atoms with Gasteiger partial charge >= 0.3 is 5.97 Å². The van der Waals surface area contributed by atoms with Crippen LogP contribution in [0.3, 0.4) is 0 Å². The maximum atomic E-state index is 11.5. The Bertz CT molecular complexity index is 714. The number of nitrogens with one attached hydrogen (secondary N) is 2. The fourth-order valence-electron chi connectivity index (χ4n) is 2.41. The summed E-state index contributed by atoms with van der Waals surface area (Å²) in [6, 6.07) is 3.85. The van der Waals surface area contributed by atoms with Crippen molar-refractivity contribution < 1.29 is 9.53 Å². The highest BCUT2D eigenvalue weighted by Gasteiger charge is 2.13. The Labute approximate surface area is 139 Å². The molecule has 126 valence electrons. The molecule has 1 aliphatic rings. The van der Waals surface area contributed by atoms with Crippen LogP contribution in [-0.4, -0.2) is 54.2 Å². The van der Waals surface area contributed by atoms with Gasteiger partial charge in [-0.3, -0.25) is 0 Å². The Kier molecular flexibility index (Phi) is 4.71. The molecule has 0 saturated carbocycles. The molecule has 9 heteroatoms. The number of esters is 1. The molecular formula is C15H19N7O2. The largest absolute Gasteiger partial charge is 0.465 e. The van der Waals surface area contributed by atoms with Crippen LogP contribution < -0.4 is 21.3 Å². The molecule has 9 nitrogen and oxygen atoms in total. The third-order valence-electron chi connectivity index (χ3n) is 3.69. The lowest BCUT2D eigenvalue weighted by atomic mass is 10.3. The van der Waals surface area contributed by atoms with E-state index in [4.69, 9.17) is 5.73 Å². The molecule has 1 aliphatic heterocycles. The number of aromatic nitrogens is 3. The molecule has 3 rings (SSSR count). The Morgan fingerprint density at radius 3 is 2.71 bits per heavy atom. The molecule has 2 aromatic rings. The topological polar surface area (TPSA) is 118 Å². The summed E-state index contributed by atoms with van der Waals surface area (Å²) in [5, 5.41) is 6.28. The number of anilines is 4. The second kappa shape index (κ2) is 7.09. The van der Waals surface area contributed by atoms with E-state index in [1.807, 2.05) is 12.1 Å². The quantitative estimate of drug-likeness (QED) is 0.684. The summed E-state index contributed by atoms with van der Waals surface area (Å²) in [6.07, 6.45) is 3.13. The predicted octanol–water partition coefficient (Wildman–Crippen LogP) is 0.394. The van der Waals surface area contributed by atoms with Crippen molar-refractivity contribution in [2.24, 2.45) is 0 Å². The number of ether oxygens (including phenoxy) is 1. The summed E-state index contributed by atoms with van der Waals surface area (Å²) in [5.74, 6) is 0.344. The van der Waals surface area contributed by atoms with Crippen molar-refractivity contribution >= 4 is 29.2 Å². The van der Waals surface area contributed by atoms with E-state index >= 15 is 0 Å². The molecule has 0 bridgehead atoms. The van der Waals surface area contributed by atoms with E-state index in [9.17, 15) is 4.79 Å². The fraction of sp³-hybridized carbons (Fsp3) is 0.333. The molecule has 4 N–H and O–H groups in total. The highest BCUT2D eigenvalue weighted by atomic mass is 16.5. The van der Waals surface area contributed by atoms with Gasteiger partial charge in [0.05, 0.1) is 19.0 Å². The van der Waals surface area contributed by atoms with Crippen molar-refractivity contribution in [2.45, 2.75) is 0 Å². The van der Waals surface area contributed by atoms with Gasteiger partial charge in [0.25, 0.3) is 0 Å². The smallest absolute Gasteiger partial charge is 0.343 e. The molecule has 24 heavy (non-hydrogen) atoms. The molecule has 3 heterocycles. The number of nitrogens with zero attached hydrogens (tertiary/aromatic N) is 4. The zero-order chi connectivity index (χ0) is 16.9. The van der Waals surface area contributed by atoms with Crippen LogP contribution >= 0.6 is 0 Å². The number of rotatable bonds is 4. The molecule has 0 aliphatic carbocycles. The predicted molar refractivity (Wildman–Crippen MR) is 90.4 cm³/mol. The second-order valence-electron chi connectivity index (χ2n) is 5.25. The Hall–Kier alpha value is -2.94. The van der Waals surface area contributed by atoms with Crippen molar-refractivity contribution in [2.75, 3.05) is 49.2 Å². The van der Waals surface area contributed by atoms with Gasteiger partial charge < -0.3 is 26.0 Å². The minimum Gasteiger partial charge on any atom is -0.465 e. The third-order valence-corrected chi connectivity index (χ3v) is 3.69. The van der Waals surface area contributed by atoms with Crippen LogP contribution in [0.25, 0.3) is 0 Å². The van der Waals surface area contributed by atoms with Crippen molar-refractivity contribution in [3.8, 4) is 0 Å². The maximum absolute atomic E-state index is 11.5. The number of pyridine rings is 1.